The van der Waals surface area contributed by atoms with Gasteiger partial charge in [0.25, 0.3) is 0 Å². The molecule has 0 aliphatic heterocycles. The normalized spacial score (nSPS) is 11.5. The maximum atomic E-state index is 11.6. The van der Waals surface area contributed by atoms with E-state index in [9.17, 15) is 8.42 Å². The van der Waals surface area contributed by atoms with Gasteiger partial charge in [0.05, 0.1) is 11.4 Å². The van der Waals surface area contributed by atoms with Gasteiger partial charge in [-0.05, 0) is 47.0 Å². The van der Waals surface area contributed by atoms with Gasteiger partial charge in [0.1, 0.15) is 0 Å². The number of rotatable bonds is 4. The molecule has 0 radical (unpaired) electrons. The van der Waals surface area contributed by atoms with Crippen LogP contribution in [0.4, 0.5) is 5.69 Å². The largest absolute Gasteiger partial charge is 0.329 e. The number of aryl methyl sites for hydroxylation is 2. The van der Waals surface area contributed by atoms with Gasteiger partial charge in [-0.15, -0.1) is 0 Å². The first-order valence-corrected chi connectivity index (χ1v) is 7.27. The first-order valence-electron chi connectivity index (χ1n) is 4.83. The number of benzene rings is 1. The van der Waals surface area contributed by atoms with Crippen LogP contribution in [-0.2, 0) is 10.0 Å². The Kier molecular flexibility index (Phi) is 4.35. The molecule has 0 fully saturated rings. The lowest BCUT2D eigenvalue weighted by molar-refractivity contribution is 0.601. The molecule has 0 atom stereocenters. The van der Waals surface area contributed by atoms with Gasteiger partial charge >= 0.3 is 0 Å². The highest BCUT2D eigenvalue weighted by Gasteiger charge is 2.13. The predicted octanol–water partition coefficient (Wildman–Crippen LogP) is 1.77. The maximum Gasteiger partial charge on any atom is 0.234 e. The quantitative estimate of drug-likeness (QED) is 0.890. The van der Waals surface area contributed by atoms with Gasteiger partial charge in [-0.1, -0.05) is 6.07 Å². The fourth-order valence-electron chi connectivity index (χ4n) is 1.41. The molecule has 0 aliphatic rings. The van der Waals surface area contributed by atoms with Crippen LogP contribution < -0.4 is 10.5 Å². The molecule has 0 aromatic heterocycles. The lowest BCUT2D eigenvalue weighted by atomic mass is 10.1. The van der Waals surface area contributed by atoms with Crippen LogP contribution in [-0.4, -0.2) is 20.7 Å². The van der Waals surface area contributed by atoms with Crippen molar-refractivity contribution in [3.63, 3.8) is 0 Å². The Labute approximate surface area is 104 Å². The summed E-state index contributed by atoms with van der Waals surface area (Å²) in [6.45, 7) is 3.92. The molecular formula is C10H15BrN2O2S. The van der Waals surface area contributed by atoms with Crippen molar-refractivity contribution in [3.05, 3.63) is 27.7 Å². The van der Waals surface area contributed by atoms with E-state index in [1.807, 2.05) is 26.0 Å². The van der Waals surface area contributed by atoms with E-state index >= 15 is 0 Å². The topological polar surface area (TPSA) is 72.2 Å². The van der Waals surface area contributed by atoms with Crippen LogP contribution in [0.2, 0.25) is 0 Å². The lowest BCUT2D eigenvalue weighted by Crippen LogP contribution is -2.23. The van der Waals surface area contributed by atoms with Crippen LogP contribution in [0.1, 0.15) is 11.1 Å². The SMILES string of the molecule is Cc1cc(C)c(NS(=O)(=O)CCN)c(Br)c1. The Balaban J connectivity index is 3.07. The summed E-state index contributed by atoms with van der Waals surface area (Å²) in [5.41, 5.74) is 7.78. The third-order valence-electron chi connectivity index (χ3n) is 2.08. The zero-order valence-electron chi connectivity index (χ0n) is 9.25. The van der Waals surface area contributed by atoms with Crippen molar-refractivity contribution in [2.75, 3.05) is 17.0 Å². The smallest absolute Gasteiger partial charge is 0.234 e. The zero-order chi connectivity index (χ0) is 12.3. The first-order chi connectivity index (χ1) is 7.35. The minimum absolute atomic E-state index is 0.0766. The van der Waals surface area contributed by atoms with Crippen LogP contribution in [0.3, 0.4) is 0 Å². The highest BCUT2D eigenvalue weighted by molar-refractivity contribution is 9.10. The molecule has 1 aromatic carbocycles. The summed E-state index contributed by atoms with van der Waals surface area (Å²) < 4.78 is 26.4. The molecule has 16 heavy (non-hydrogen) atoms. The van der Waals surface area contributed by atoms with Crippen molar-refractivity contribution in [1.82, 2.24) is 0 Å². The molecule has 0 aliphatic carbocycles. The highest BCUT2D eigenvalue weighted by atomic mass is 79.9. The number of anilines is 1. The van der Waals surface area contributed by atoms with Crippen molar-refractivity contribution < 1.29 is 8.42 Å². The Hall–Kier alpha value is -0.590. The molecule has 0 heterocycles. The molecule has 0 spiro atoms. The second kappa shape index (κ2) is 5.16. The second-order valence-electron chi connectivity index (χ2n) is 3.65. The summed E-state index contributed by atoms with van der Waals surface area (Å²) in [6.07, 6.45) is 0. The minimum Gasteiger partial charge on any atom is -0.329 e. The number of hydrogen-bond acceptors (Lipinski definition) is 3. The maximum absolute atomic E-state index is 11.6. The van der Waals surface area contributed by atoms with Gasteiger partial charge < -0.3 is 5.73 Å². The molecule has 0 unspecified atom stereocenters. The summed E-state index contributed by atoms with van der Waals surface area (Å²) >= 11 is 3.34. The Morgan fingerprint density at radius 3 is 2.50 bits per heavy atom. The lowest BCUT2D eigenvalue weighted by Gasteiger charge is -2.12. The molecule has 0 amide bonds. The third-order valence-corrected chi connectivity index (χ3v) is 3.99. The van der Waals surface area contributed by atoms with E-state index in [0.717, 1.165) is 15.6 Å². The molecule has 90 valence electrons. The van der Waals surface area contributed by atoms with Gasteiger partial charge in [-0.2, -0.15) is 0 Å². The monoisotopic (exact) mass is 306 g/mol. The highest BCUT2D eigenvalue weighted by Crippen LogP contribution is 2.28. The van der Waals surface area contributed by atoms with Crippen LogP contribution in [0, 0.1) is 13.8 Å². The van der Waals surface area contributed by atoms with Gasteiger partial charge in [0.2, 0.25) is 10.0 Å². The predicted molar refractivity (Wildman–Crippen MR) is 70.1 cm³/mol. The molecule has 0 bridgehead atoms. The molecule has 6 heteroatoms. The van der Waals surface area contributed by atoms with E-state index in [4.69, 9.17) is 5.73 Å². The Morgan fingerprint density at radius 1 is 1.38 bits per heavy atom. The fraction of sp³-hybridized carbons (Fsp3) is 0.400. The first kappa shape index (κ1) is 13.5. The number of nitrogens with two attached hydrogens (primary N) is 1. The van der Waals surface area contributed by atoms with Gasteiger partial charge in [0, 0.05) is 11.0 Å². The van der Waals surface area contributed by atoms with Crippen molar-refractivity contribution in [2.45, 2.75) is 13.8 Å². The van der Waals surface area contributed by atoms with Crippen LogP contribution in [0.5, 0.6) is 0 Å². The van der Waals surface area contributed by atoms with E-state index in [2.05, 4.69) is 20.7 Å². The molecule has 0 saturated heterocycles. The van der Waals surface area contributed by atoms with Crippen molar-refractivity contribution in [3.8, 4) is 0 Å². The summed E-state index contributed by atoms with van der Waals surface area (Å²) in [5.74, 6) is -0.0766. The van der Waals surface area contributed by atoms with Crippen LogP contribution in [0.15, 0.2) is 16.6 Å². The summed E-state index contributed by atoms with van der Waals surface area (Å²) in [7, 11) is -3.35. The van der Waals surface area contributed by atoms with E-state index in [-0.39, 0.29) is 12.3 Å². The van der Waals surface area contributed by atoms with E-state index in [1.165, 1.54) is 0 Å². The van der Waals surface area contributed by atoms with Crippen molar-refractivity contribution >= 4 is 31.6 Å². The number of sulfonamides is 1. The molecule has 1 rings (SSSR count). The molecule has 4 nitrogen and oxygen atoms in total. The van der Waals surface area contributed by atoms with E-state index in [0.29, 0.717) is 5.69 Å². The van der Waals surface area contributed by atoms with Crippen molar-refractivity contribution in [1.29, 1.82) is 0 Å². The van der Waals surface area contributed by atoms with Gasteiger partial charge in [-0.3, -0.25) is 4.72 Å². The zero-order valence-corrected chi connectivity index (χ0v) is 11.7. The minimum atomic E-state index is -3.35. The molecular weight excluding hydrogens is 292 g/mol. The Morgan fingerprint density at radius 2 is 2.00 bits per heavy atom. The van der Waals surface area contributed by atoms with Gasteiger partial charge in [-0.25, -0.2) is 8.42 Å². The van der Waals surface area contributed by atoms with Crippen LogP contribution in [0.25, 0.3) is 0 Å². The standard InChI is InChI=1S/C10H15BrN2O2S/c1-7-5-8(2)10(9(11)6-7)13-16(14,15)4-3-12/h5-6,13H,3-4,12H2,1-2H3. The van der Waals surface area contributed by atoms with E-state index in [1.54, 1.807) is 0 Å². The summed E-state index contributed by atoms with van der Waals surface area (Å²) in [6, 6.07) is 3.79. The fourth-order valence-corrected chi connectivity index (χ4v) is 3.31. The van der Waals surface area contributed by atoms with Crippen molar-refractivity contribution in [2.24, 2.45) is 5.73 Å². The number of hydrogen-bond donors (Lipinski definition) is 2. The van der Waals surface area contributed by atoms with E-state index < -0.39 is 10.0 Å². The summed E-state index contributed by atoms with van der Waals surface area (Å²) in [5, 5.41) is 0. The third kappa shape index (κ3) is 3.47. The molecule has 1 aromatic rings. The summed E-state index contributed by atoms with van der Waals surface area (Å²) in [4.78, 5) is 0. The number of nitrogens with one attached hydrogen (secondary N) is 1. The average molecular weight is 307 g/mol. The average Bonchev–Trinajstić information content (AvgIpc) is 2.11. The number of halogens is 1. The Bertz CT molecular complexity index is 463. The second-order valence-corrected chi connectivity index (χ2v) is 6.34. The molecule has 0 saturated carbocycles. The van der Waals surface area contributed by atoms with Gasteiger partial charge in [0.15, 0.2) is 0 Å². The van der Waals surface area contributed by atoms with Crippen LogP contribution >= 0.6 is 15.9 Å². The molecule has 3 N–H and O–H groups in total.